The lowest BCUT2D eigenvalue weighted by molar-refractivity contribution is 0.0864. The number of aliphatic hydroxyl groups excluding tert-OH is 1. The first-order valence-electron chi connectivity index (χ1n) is 9.01. The van der Waals surface area contributed by atoms with Crippen molar-refractivity contribution in [3.63, 3.8) is 0 Å². The number of hydrogen-bond donors (Lipinski definition) is 3. The summed E-state index contributed by atoms with van der Waals surface area (Å²) in [6, 6.07) is 7.75. The van der Waals surface area contributed by atoms with E-state index < -0.39 is 28.3 Å². The molecule has 0 aliphatic carbocycles. The number of halogens is 1. The van der Waals surface area contributed by atoms with E-state index in [0.29, 0.717) is 11.9 Å². The van der Waals surface area contributed by atoms with E-state index in [4.69, 9.17) is 0 Å². The van der Waals surface area contributed by atoms with Crippen molar-refractivity contribution < 1.29 is 19.4 Å². The average Bonchev–Trinajstić information content (AvgIpc) is 2.68. The van der Waals surface area contributed by atoms with Gasteiger partial charge in [0, 0.05) is 13.2 Å². The highest BCUT2D eigenvalue weighted by molar-refractivity contribution is 6.01. The number of fused-ring (bicyclic) bond motifs is 1. The maximum atomic E-state index is 13.1. The van der Waals surface area contributed by atoms with Gasteiger partial charge in [0.1, 0.15) is 16.9 Å². The van der Waals surface area contributed by atoms with Crippen molar-refractivity contribution >= 4 is 16.9 Å². The number of aryl methyl sites for hydroxylation is 1. The first-order valence-corrected chi connectivity index (χ1v) is 9.01. The van der Waals surface area contributed by atoms with Crippen LogP contribution >= 0.6 is 0 Å². The normalized spacial score (nSPS) is 11.6. The molecule has 152 valence electrons. The van der Waals surface area contributed by atoms with Gasteiger partial charge < -0.3 is 20.1 Å². The predicted octanol–water partition coefficient (Wildman–Crippen LogP) is 1.87. The molecule has 3 rings (SSSR count). The zero-order valence-corrected chi connectivity index (χ0v) is 16.4. The second-order valence-corrected chi connectivity index (χ2v) is 7.60. The highest BCUT2D eigenvalue weighted by atomic mass is 19.1. The summed E-state index contributed by atoms with van der Waals surface area (Å²) in [5.74, 6) is -1.63. The molecule has 3 N–H and O–H groups in total. The molecule has 1 amide bonds. The quantitative estimate of drug-likeness (QED) is 0.608. The molecule has 0 atom stereocenters. The van der Waals surface area contributed by atoms with Crippen molar-refractivity contribution in [2.75, 3.05) is 6.61 Å². The summed E-state index contributed by atoms with van der Waals surface area (Å²) in [4.78, 5) is 29.5. The van der Waals surface area contributed by atoms with Crippen LogP contribution in [0.25, 0.3) is 11.0 Å². The summed E-state index contributed by atoms with van der Waals surface area (Å²) >= 11 is 0. The lowest BCUT2D eigenvalue weighted by Gasteiger charge is -2.23. The lowest BCUT2D eigenvalue weighted by Crippen LogP contribution is -2.48. The molecular weight excluding hydrogens is 377 g/mol. The summed E-state index contributed by atoms with van der Waals surface area (Å²) in [6.45, 7) is 2.85. The number of rotatable bonds is 5. The van der Waals surface area contributed by atoms with Gasteiger partial charge >= 0.3 is 0 Å². The zero-order valence-electron chi connectivity index (χ0n) is 16.4. The molecule has 0 saturated carbocycles. The van der Waals surface area contributed by atoms with Crippen LogP contribution in [0.5, 0.6) is 5.75 Å². The van der Waals surface area contributed by atoms with Crippen LogP contribution in [0.2, 0.25) is 0 Å². The molecule has 2 aromatic heterocycles. The van der Waals surface area contributed by atoms with Crippen LogP contribution in [0.3, 0.4) is 0 Å². The molecule has 0 saturated heterocycles. The van der Waals surface area contributed by atoms with Crippen molar-refractivity contribution in [1.82, 2.24) is 14.9 Å². The minimum atomic E-state index is -0.962. The van der Waals surface area contributed by atoms with Gasteiger partial charge in [0.25, 0.3) is 11.5 Å². The Labute approximate surface area is 166 Å². The number of nitrogens with one attached hydrogen (secondary N) is 1. The van der Waals surface area contributed by atoms with Gasteiger partial charge in [0.2, 0.25) is 0 Å². The van der Waals surface area contributed by atoms with Crippen molar-refractivity contribution in [2.45, 2.75) is 25.8 Å². The fourth-order valence-corrected chi connectivity index (χ4v) is 2.98. The monoisotopic (exact) mass is 399 g/mol. The van der Waals surface area contributed by atoms with E-state index in [-0.39, 0.29) is 17.9 Å². The maximum absolute atomic E-state index is 13.1. The summed E-state index contributed by atoms with van der Waals surface area (Å²) in [6.07, 6.45) is 2.00. The fourth-order valence-electron chi connectivity index (χ4n) is 2.98. The van der Waals surface area contributed by atoms with Crippen LogP contribution < -0.4 is 10.9 Å². The zero-order chi connectivity index (χ0) is 21.3. The summed E-state index contributed by atoms with van der Waals surface area (Å²) in [5.41, 5.74) is 0.0334. The van der Waals surface area contributed by atoms with Gasteiger partial charge in [-0.2, -0.15) is 0 Å². The van der Waals surface area contributed by atoms with Gasteiger partial charge in [-0.3, -0.25) is 14.6 Å². The Bertz CT molecular complexity index is 1140. The fraction of sp³-hybridized carbons (Fsp3) is 0.286. The Kier molecular flexibility index (Phi) is 5.39. The number of aromatic nitrogens is 2. The number of nitrogens with zero attached hydrogens (tertiary/aromatic N) is 2. The Morgan fingerprint density at radius 3 is 2.52 bits per heavy atom. The molecule has 1 aromatic carbocycles. The van der Waals surface area contributed by atoms with Gasteiger partial charge in [-0.05, 0) is 49.6 Å². The molecule has 0 fully saturated rings. The van der Waals surface area contributed by atoms with Crippen LogP contribution in [0.1, 0.15) is 35.3 Å². The first kappa shape index (κ1) is 20.5. The van der Waals surface area contributed by atoms with E-state index in [1.807, 2.05) is 0 Å². The molecule has 29 heavy (non-hydrogen) atoms. The molecule has 0 radical (unpaired) electrons. The van der Waals surface area contributed by atoms with Crippen LogP contribution in [0.15, 0.2) is 41.3 Å². The predicted molar refractivity (Wildman–Crippen MR) is 106 cm³/mol. The average molecular weight is 399 g/mol. The molecule has 0 bridgehead atoms. The van der Waals surface area contributed by atoms with Gasteiger partial charge in [-0.15, -0.1) is 0 Å². The van der Waals surface area contributed by atoms with Crippen LogP contribution in [0.4, 0.5) is 4.39 Å². The summed E-state index contributed by atoms with van der Waals surface area (Å²) in [5, 5.41) is 22.4. The SMILES string of the molecule is Cn1c(=O)c(C(=O)NC(C)(C)CO)c(O)c2ncc(Cc3ccc(F)cc3)cc21. The second kappa shape index (κ2) is 7.63. The largest absolute Gasteiger partial charge is 0.505 e. The lowest BCUT2D eigenvalue weighted by atomic mass is 10.0. The topological polar surface area (TPSA) is 104 Å². The number of pyridine rings is 2. The molecule has 8 heteroatoms. The number of benzene rings is 1. The molecule has 0 unspecified atom stereocenters. The van der Waals surface area contributed by atoms with E-state index in [1.54, 1.807) is 32.0 Å². The Hall–Kier alpha value is -3.26. The molecule has 0 aliphatic heterocycles. The number of hydrogen-bond acceptors (Lipinski definition) is 5. The third kappa shape index (κ3) is 4.12. The van der Waals surface area contributed by atoms with Gasteiger partial charge in [-0.25, -0.2) is 4.39 Å². The summed E-state index contributed by atoms with van der Waals surface area (Å²) < 4.78 is 14.3. The Balaban J connectivity index is 2.05. The maximum Gasteiger partial charge on any atom is 0.267 e. The van der Waals surface area contributed by atoms with E-state index in [0.717, 1.165) is 11.1 Å². The van der Waals surface area contributed by atoms with Crippen LogP contribution in [-0.2, 0) is 13.5 Å². The molecule has 2 heterocycles. The minimum absolute atomic E-state index is 0.113. The van der Waals surface area contributed by atoms with Crippen molar-refractivity contribution in [3.05, 3.63) is 69.4 Å². The molecule has 0 aliphatic rings. The highest BCUT2D eigenvalue weighted by Crippen LogP contribution is 2.26. The Morgan fingerprint density at radius 2 is 1.90 bits per heavy atom. The number of aromatic hydroxyl groups is 1. The molecule has 3 aromatic rings. The Morgan fingerprint density at radius 1 is 1.24 bits per heavy atom. The van der Waals surface area contributed by atoms with E-state index >= 15 is 0 Å². The van der Waals surface area contributed by atoms with Crippen molar-refractivity contribution in [3.8, 4) is 5.75 Å². The smallest absolute Gasteiger partial charge is 0.267 e. The first-order chi connectivity index (χ1) is 13.6. The van der Waals surface area contributed by atoms with E-state index in [1.165, 1.54) is 29.9 Å². The number of carbonyl (C=O) groups excluding carboxylic acids is 1. The summed E-state index contributed by atoms with van der Waals surface area (Å²) in [7, 11) is 1.49. The van der Waals surface area contributed by atoms with Gasteiger partial charge in [-0.1, -0.05) is 12.1 Å². The number of carbonyl (C=O) groups is 1. The van der Waals surface area contributed by atoms with E-state index in [2.05, 4.69) is 10.3 Å². The standard InChI is InChI=1S/C21H22FN3O4/c1-21(2,11-26)24-19(28)16-18(27)17-15(25(3)20(16)29)9-13(10-23-17)8-12-4-6-14(22)7-5-12/h4-7,9-10,26-27H,8,11H2,1-3H3,(H,24,28). The van der Waals surface area contributed by atoms with Crippen molar-refractivity contribution in [2.24, 2.45) is 7.05 Å². The number of aliphatic hydroxyl groups is 1. The van der Waals surface area contributed by atoms with Crippen LogP contribution in [-0.4, -0.2) is 37.8 Å². The highest BCUT2D eigenvalue weighted by Gasteiger charge is 2.27. The molecular formula is C21H22FN3O4. The minimum Gasteiger partial charge on any atom is -0.505 e. The molecule has 0 spiro atoms. The van der Waals surface area contributed by atoms with E-state index in [9.17, 15) is 24.2 Å². The number of amides is 1. The van der Waals surface area contributed by atoms with Crippen molar-refractivity contribution in [1.29, 1.82) is 0 Å². The van der Waals surface area contributed by atoms with Crippen LogP contribution in [0, 0.1) is 5.82 Å². The van der Waals surface area contributed by atoms with Gasteiger partial charge in [0.15, 0.2) is 5.75 Å². The second-order valence-electron chi connectivity index (χ2n) is 7.60. The third-order valence-corrected chi connectivity index (χ3v) is 4.66. The van der Waals surface area contributed by atoms with Gasteiger partial charge in [0.05, 0.1) is 17.7 Å². The molecule has 7 nitrogen and oxygen atoms in total. The third-order valence-electron chi connectivity index (χ3n) is 4.66.